The number of amides is 1. The van der Waals surface area contributed by atoms with Gasteiger partial charge in [0.15, 0.2) is 3.95 Å². The van der Waals surface area contributed by atoms with Gasteiger partial charge in [0.2, 0.25) is 5.91 Å². The zero-order chi connectivity index (χ0) is 15.4. The smallest absolute Gasteiger partial charge is 0.229 e. The van der Waals surface area contributed by atoms with Crippen molar-refractivity contribution in [2.45, 2.75) is 13.3 Å². The van der Waals surface area contributed by atoms with E-state index in [4.69, 9.17) is 22.7 Å². The number of rotatable bonds is 3. The predicted octanol–water partition coefficient (Wildman–Crippen LogP) is 3.04. The minimum Gasteiger partial charge on any atom is -0.341 e. The van der Waals surface area contributed by atoms with Gasteiger partial charge in [-0.2, -0.15) is 10.5 Å². The van der Waals surface area contributed by atoms with Crippen molar-refractivity contribution >= 4 is 35.1 Å². The summed E-state index contributed by atoms with van der Waals surface area (Å²) < 4.78 is 0.639. The van der Waals surface area contributed by atoms with Crippen LogP contribution >= 0.6 is 23.6 Å². The van der Waals surface area contributed by atoms with Crippen LogP contribution in [0.25, 0.3) is 0 Å². The Labute approximate surface area is 130 Å². The zero-order valence-electron chi connectivity index (χ0n) is 11.1. The van der Waals surface area contributed by atoms with E-state index >= 15 is 0 Å². The number of H-pyrrole nitrogens is 1. The highest BCUT2D eigenvalue weighted by molar-refractivity contribution is 7.73. The zero-order valence-corrected chi connectivity index (χ0v) is 12.7. The molecule has 0 fully saturated rings. The number of nitrogens with zero attached hydrogens (tertiary/aromatic N) is 2. The van der Waals surface area contributed by atoms with Crippen LogP contribution in [0.3, 0.4) is 0 Å². The summed E-state index contributed by atoms with van der Waals surface area (Å²) in [6.07, 6.45) is 0.214. The van der Waals surface area contributed by atoms with Gasteiger partial charge in [0.25, 0.3) is 0 Å². The maximum Gasteiger partial charge on any atom is 0.229 e. The molecule has 1 aromatic carbocycles. The number of nitriles is 2. The van der Waals surface area contributed by atoms with Crippen molar-refractivity contribution < 1.29 is 4.79 Å². The summed E-state index contributed by atoms with van der Waals surface area (Å²) in [4.78, 5) is 15.9. The number of aryl methyl sites for hydroxylation is 1. The molecule has 0 aliphatic heterocycles. The number of benzene rings is 1. The second-order valence-corrected chi connectivity index (χ2v) is 6.04. The summed E-state index contributed by atoms with van der Waals surface area (Å²) in [6, 6.07) is 8.46. The van der Waals surface area contributed by atoms with Gasteiger partial charge in [-0.05, 0) is 37.3 Å². The fourth-order valence-electron chi connectivity index (χ4n) is 1.77. The first-order valence-electron chi connectivity index (χ1n) is 5.96. The van der Waals surface area contributed by atoms with E-state index in [-0.39, 0.29) is 23.5 Å². The van der Waals surface area contributed by atoms with E-state index in [0.717, 1.165) is 10.6 Å². The fourth-order valence-corrected chi connectivity index (χ4v) is 3.06. The van der Waals surface area contributed by atoms with Gasteiger partial charge in [-0.15, -0.1) is 11.3 Å². The second kappa shape index (κ2) is 6.31. The van der Waals surface area contributed by atoms with Gasteiger partial charge in [-0.1, -0.05) is 0 Å². The number of aromatic amines is 1. The normalized spacial score (nSPS) is 9.67. The van der Waals surface area contributed by atoms with Crippen molar-refractivity contribution in [2.24, 2.45) is 0 Å². The van der Waals surface area contributed by atoms with Crippen LogP contribution in [0, 0.1) is 33.5 Å². The van der Waals surface area contributed by atoms with Crippen LogP contribution in [0.4, 0.5) is 5.69 Å². The molecule has 0 aliphatic carbocycles. The maximum absolute atomic E-state index is 12.0. The van der Waals surface area contributed by atoms with E-state index in [0.29, 0.717) is 9.64 Å². The van der Waals surface area contributed by atoms with Gasteiger partial charge >= 0.3 is 0 Å². The quantitative estimate of drug-likeness (QED) is 0.852. The predicted molar refractivity (Wildman–Crippen MR) is 82.4 cm³/mol. The average Bonchev–Trinajstić information content (AvgIpc) is 2.76. The van der Waals surface area contributed by atoms with Crippen LogP contribution in [0.2, 0.25) is 0 Å². The number of carbonyl (C=O) groups is 1. The molecule has 0 bridgehead atoms. The van der Waals surface area contributed by atoms with Crippen LogP contribution < -0.4 is 5.32 Å². The highest BCUT2D eigenvalue weighted by atomic mass is 32.1. The third-order valence-corrected chi connectivity index (χ3v) is 4.13. The van der Waals surface area contributed by atoms with Gasteiger partial charge in [0, 0.05) is 16.3 Å². The Kier molecular flexibility index (Phi) is 4.49. The fraction of sp³-hybridized carbons (Fsp3) is 0.143. The lowest BCUT2D eigenvalue weighted by Gasteiger charge is -2.05. The molecule has 0 saturated heterocycles. The lowest BCUT2D eigenvalue weighted by Crippen LogP contribution is -2.14. The molecule has 2 aromatic rings. The first-order valence-corrected chi connectivity index (χ1v) is 7.18. The van der Waals surface area contributed by atoms with Crippen LogP contribution in [0.5, 0.6) is 0 Å². The number of carbonyl (C=O) groups excluding carboxylic acids is 1. The molecule has 21 heavy (non-hydrogen) atoms. The molecule has 1 heterocycles. The second-order valence-electron chi connectivity index (χ2n) is 4.27. The SMILES string of the molecule is Cc1[nH]c(=S)sc1CC(=O)Nc1ccc(C#N)c(C#N)c1. The molecule has 1 amide bonds. The van der Waals surface area contributed by atoms with E-state index in [1.54, 1.807) is 6.07 Å². The number of hydrogen-bond donors (Lipinski definition) is 2. The lowest BCUT2D eigenvalue weighted by molar-refractivity contribution is -0.115. The monoisotopic (exact) mass is 314 g/mol. The molecule has 0 atom stereocenters. The van der Waals surface area contributed by atoms with Crippen LogP contribution in [-0.4, -0.2) is 10.9 Å². The standard InChI is InChI=1S/C14H10N4OS2/c1-8-12(21-14(20)17-8)5-13(19)18-11-3-2-9(6-15)10(4-11)7-16/h2-4H,5H2,1H3,(H,17,20)(H,18,19). The third kappa shape index (κ3) is 3.54. The molecule has 5 nitrogen and oxygen atoms in total. The third-order valence-electron chi connectivity index (χ3n) is 2.79. The van der Waals surface area contributed by atoms with Gasteiger partial charge in [-0.3, -0.25) is 4.79 Å². The summed E-state index contributed by atoms with van der Waals surface area (Å²) in [5.41, 5.74) is 1.91. The Balaban J connectivity index is 2.14. The highest BCUT2D eigenvalue weighted by Gasteiger charge is 2.10. The molecule has 2 rings (SSSR count). The van der Waals surface area contributed by atoms with Gasteiger partial charge in [-0.25, -0.2) is 0 Å². The van der Waals surface area contributed by atoms with Crippen molar-refractivity contribution in [3.63, 3.8) is 0 Å². The van der Waals surface area contributed by atoms with Crippen molar-refractivity contribution in [1.29, 1.82) is 10.5 Å². The van der Waals surface area contributed by atoms with E-state index in [1.165, 1.54) is 23.5 Å². The Morgan fingerprint density at radius 2 is 2.10 bits per heavy atom. The first-order chi connectivity index (χ1) is 10.0. The Morgan fingerprint density at radius 1 is 1.38 bits per heavy atom. The molecule has 0 aliphatic rings. The summed E-state index contributed by atoms with van der Waals surface area (Å²) in [5.74, 6) is -0.197. The van der Waals surface area contributed by atoms with E-state index < -0.39 is 0 Å². The van der Waals surface area contributed by atoms with E-state index in [9.17, 15) is 4.79 Å². The largest absolute Gasteiger partial charge is 0.341 e. The number of aromatic nitrogens is 1. The molecule has 0 radical (unpaired) electrons. The average molecular weight is 314 g/mol. The van der Waals surface area contributed by atoms with Crippen LogP contribution in [0.1, 0.15) is 21.7 Å². The van der Waals surface area contributed by atoms with Gasteiger partial charge in [0.1, 0.15) is 12.1 Å². The summed E-state index contributed by atoms with van der Waals surface area (Å²) >= 11 is 6.40. The first kappa shape index (κ1) is 14.9. The Hall–Kier alpha value is -2.48. The van der Waals surface area contributed by atoms with Crippen molar-refractivity contribution in [3.05, 3.63) is 43.9 Å². The molecule has 104 valence electrons. The lowest BCUT2D eigenvalue weighted by atomic mass is 10.1. The van der Waals surface area contributed by atoms with Gasteiger partial charge < -0.3 is 10.3 Å². The van der Waals surface area contributed by atoms with Crippen molar-refractivity contribution in [1.82, 2.24) is 4.98 Å². The number of thiazole rings is 1. The molecule has 7 heteroatoms. The Morgan fingerprint density at radius 3 is 2.67 bits per heavy atom. The van der Waals surface area contributed by atoms with Crippen molar-refractivity contribution in [3.8, 4) is 12.1 Å². The number of anilines is 1. The molecular weight excluding hydrogens is 304 g/mol. The number of nitrogens with one attached hydrogen (secondary N) is 2. The molecule has 1 aromatic heterocycles. The molecular formula is C14H10N4OS2. The summed E-state index contributed by atoms with van der Waals surface area (Å²) in [7, 11) is 0. The van der Waals surface area contributed by atoms with E-state index in [2.05, 4.69) is 10.3 Å². The maximum atomic E-state index is 12.0. The van der Waals surface area contributed by atoms with Gasteiger partial charge in [0.05, 0.1) is 17.5 Å². The van der Waals surface area contributed by atoms with E-state index in [1.807, 2.05) is 19.1 Å². The van der Waals surface area contributed by atoms with Crippen LogP contribution in [-0.2, 0) is 11.2 Å². The minimum absolute atomic E-state index is 0.197. The summed E-state index contributed by atoms with van der Waals surface area (Å²) in [6.45, 7) is 1.87. The van der Waals surface area contributed by atoms with Crippen molar-refractivity contribution in [2.75, 3.05) is 5.32 Å². The number of hydrogen-bond acceptors (Lipinski definition) is 5. The summed E-state index contributed by atoms with van der Waals surface area (Å²) in [5, 5.41) is 20.5. The topological polar surface area (TPSA) is 92.5 Å². The molecule has 0 unspecified atom stereocenters. The van der Waals surface area contributed by atoms with Crippen LogP contribution in [0.15, 0.2) is 18.2 Å². The molecule has 0 saturated carbocycles. The molecule has 2 N–H and O–H groups in total. The Bertz CT molecular complexity index is 836. The molecule has 0 spiro atoms. The highest BCUT2D eigenvalue weighted by Crippen LogP contribution is 2.18. The minimum atomic E-state index is -0.197.